The van der Waals surface area contributed by atoms with Crippen LogP contribution >= 0.6 is 0 Å². The van der Waals surface area contributed by atoms with E-state index < -0.39 is 53.8 Å². The summed E-state index contributed by atoms with van der Waals surface area (Å²) in [7, 11) is 0. The molecular formula is C25H36N4O7. The first kappa shape index (κ1) is 28.8. The zero-order chi connectivity index (χ0) is 26.7. The Morgan fingerprint density at radius 1 is 0.944 bits per heavy atom. The van der Waals surface area contributed by atoms with Gasteiger partial charge in [-0.1, -0.05) is 44.2 Å². The van der Waals surface area contributed by atoms with E-state index in [1.54, 1.807) is 30.3 Å². The van der Waals surface area contributed by atoms with Crippen LogP contribution in [0.1, 0.15) is 51.5 Å². The molecule has 1 aromatic rings. The van der Waals surface area contributed by atoms with Crippen LogP contribution in [0, 0.1) is 5.92 Å². The van der Waals surface area contributed by atoms with Crippen molar-refractivity contribution < 1.29 is 34.2 Å². The van der Waals surface area contributed by atoms with E-state index in [4.69, 9.17) is 5.11 Å². The molecule has 1 aliphatic rings. The van der Waals surface area contributed by atoms with Crippen LogP contribution in [0.3, 0.4) is 0 Å². The maximum Gasteiger partial charge on any atom is 0.326 e. The Morgan fingerprint density at radius 2 is 1.58 bits per heavy atom. The van der Waals surface area contributed by atoms with Crippen LogP contribution in [-0.2, 0) is 30.4 Å². The fourth-order valence-electron chi connectivity index (χ4n) is 4.01. The first-order valence-corrected chi connectivity index (χ1v) is 12.2. The van der Waals surface area contributed by atoms with E-state index in [2.05, 4.69) is 21.3 Å². The van der Waals surface area contributed by atoms with E-state index in [1.807, 2.05) is 13.8 Å². The van der Waals surface area contributed by atoms with Crippen molar-refractivity contribution in [3.8, 4) is 0 Å². The highest BCUT2D eigenvalue weighted by atomic mass is 16.4. The Hall–Kier alpha value is -3.47. The molecule has 0 aromatic heterocycles. The van der Waals surface area contributed by atoms with Crippen molar-refractivity contribution in [3.63, 3.8) is 0 Å². The molecule has 11 heteroatoms. The minimum absolute atomic E-state index is 0.00775. The summed E-state index contributed by atoms with van der Waals surface area (Å²) in [6.45, 7) is 4.34. The maximum absolute atomic E-state index is 13.2. The zero-order valence-electron chi connectivity index (χ0n) is 20.7. The second kappa shape index (κ2) is 14.2. The van der Waals surface area contributed by atoms with Crippen molar-refractivity contribution in [1.29, 1.82) is 0 Å². The largest absolute Gasteiger partial charge is 0.481 e. The van der Waals surface area contributed by atoms with Crippen molar-refractivity contribution >= 4 is 29.7 Å². The topological polar surface area (TPSA) is 174 Å². The molecule has 198 valence electrons. The lowest BCUT2D eigenvalue weighted by atomic mass is 10.0. The van der Waals surface area contributed by atoms with Gasteiger partial charge in [-0.25, -0.2) is 4.79 Å². The molecule has 6 N–H and O–H groups in total. The third-order valence-corrected chi connectivity index (χ3v) is 5.89. The monoisotopic (exact) mass is 504 g/mol. The molecule has 3 amide bonds. The predicted octanol–water partition coefficient (Wildman–Crippen LogP) is 0.431. The molecule has 1 saturated heterocycles. The number of hydrogen-bond acceptors (Lipinski definition) is 6. The summed E-state index contributed by atoms with van der Waals surface area (Å²) in [5.41, 5.74) is 0.731. The summed E-state index contributed by atoms with van der Waals surface area (Å²) >= 11 is 0. The number of aliphatic carboxylic acids is 2. The van der Waals surface area contributed by atoms with Crippen molar-refractivity contribution in [2.75, 3.05) is 6.54 Å². The molecule has 1 heterocycles. The fraction of sp³-hybridized carbons (Fsp3) is 0.560. The Kier molecular flexibility index (Phi) is 11.3. The van der Waals surface area contributed by atoms with Gasteiger partial charge in [-0.3, -0.25) is 19.2 Å². The fourth-order valence-corrected chi connectivity index (χ4v) is 4.01. The predicted molar refractivity (Wildman–Crippen MR) is 131 cm³/mol. The molecule has 0 spiro atoms. The van der Waals surface area contributed by atoms with Gasteiger partial charge in [0, 0.05) is 12.8 Å². The van der Waals surface area contributed by atoms with Crippen LogP contribution in [-0.4, -0.2) is 70.6 Å². The highest BCUT2D eigenvalue weighted by Gasteiger charge is 2.32. The van der Waals surface area contributed by atoms with Gasteiger partial charge in [-0.05, 0) is 43.7 Å². The summed E-state index contributed by atoms with van der Waals surface area (Å²) in [4.78, 5) is 61.7. The van der Waals surface area contributed by atoms with Crippen LogP contribution in [0.4, 0.5) is 0 Å². The molecule has 2 rings (SSSR count). The van der Waals surface area contributed by atoms with E-state index in [1.165, 1.54) is 0 Å². The average Bonchev–Trinajstić information content (AvgIpc) is 3.36. The number of carboxylic acids is 2. The third-order valence-electron chi connectivity index (χ3n) is 5.89. The normalized spacial score (nSPS) is 17.6. The van der Waals surface area contributed by atoms with Crippen LogP contribution in [0.5, 0.6) is 0 Å². The minimum atomic E-state index is -1.18. The zero-order valence-corrected chi connectivity index (χ0v) is 20.7. The number of rotatable bonds is 14. The second-order valence-corrected chi connectivity index (χ2v) is 9.42. The molecule has 1 aliphatic heterocycles. The van der Waals surface area contributed by atoms with Crippen LogP contribution in [0.25, 0.3) is 0 Å². The molecule has 0 unspecified atom stereocenters. The lowest BCUT2D eigenvalue weighted by molar-refractivity contribution is -0.142. The molecule has 0 radical (unpaired) electrons. The van der Waals surface area contributed by atoms with Gasteiger partial charge in [0.25, 0.3) is 0 Å². The summed E-state index contributed by atoms with van der Waals surface area (Å²) in [6.07, 6.45) is 1.18. The Bertz CT molecular complexity index is 916. The van der Waals surface area contributed by atoms with Crippen molar-refractivity contribution in [3.05, 3.63) is 35.9 Å². The molecule has 1 aromatic carbocycles. The summed E-state index contributed by atoms with van der Waals surface area (Å²) in [5.74, 6) is -4.11. The number of carboxylic acid groups (broad SMARTS) is 2. The standard InChI is InChI=1S/C25H36N4O7/c1-15(2)13-20(25(35)36)29-24(34)19(14-16-7-4-3-5-8-16)28-23(33)18(10-11-21(30)31)27-22(32)17-9-6-12-26-17/h3-5,7-8,15,17-20,26H,6,9-14H2,1-2H3,(H,27,32)(H,28,33)(H,29,34)(H,30,31)(H,35,36)/t17-,18-,19-,20-/m0/s1. The lowest BCUT2D eigenvalue weighted by Crippen LogP contribution is -2.57. The number of amides is 3. The number of carbonyl (C=O) groups excluding carboxylic acids is 3. The van der Waals surface area contributed by atoms with Gasteiger partial charge < -0.3 is 31.5 Å². The van der Waals surface area contributed by atoms with Gasteiger partial charge in [-0.15, -0.1) is 0 Å². The van der Waals surface area contributed by atoms with E-state index >= 15 is 0 Å². The third kappa shape index (κ3) is 9.65. The van der Waals surface area contributed by atoms with Crippen LogP contribution < -0.4 is 21.3 Å². The van der Waals surface area contributed by atoms with Crippen molar-refractivity contribution in [2.45, 2.75) is 76.5 Å². The van der Waals surface area contributed by atoms with Crippen molar-refractivity contribution in [2.24, 2.45) is 5.92 Å². The molecule has 4 atom stereocenters. The summed E-state index contributed by atoms with van der Waals surface area (Å²) < 4.78 is 0. The number of benzene rings is 1. The Balaban J connectivity index is 2.20. The second-order valence-electron chi connectivity index (χ2n) is 9.42. The molecule has 0 bridgehead atoms. The highest BCUT2D eigenvalue weighted by molar-refractivity contribution is 5.94. The van der Waals surface area contributed by atoms with Gasteiger partial charge in [-0.2, -0.15) is 0 Å². The van der Waals surface area contributed by atoms with Gasteiger partial charge in [0.05, 0.1) is 6.04 Å². The Morgan fingerprint density at radius 3 is 2.14 bits per heavy atom. The molecule has 36 heavy (non-hydrogen) atoms. The van der Waals surface area contributed by atoms with Crippen LogP contribution in [0.2, 0.25) is 0 Å². The van der Waals surface area contributed by atoms with E-state index in [9.17, 15) is 29.1 Å². The lowest BCUT2D eigenvalue weighted by Gasteiger charge is -2.25. The summed E-state index contributed by atoms with van der Waals surface area (Å²) in [5, 5.41) is 29.4. The molecule has 11 nitrogen and oxygen atoms in total. The van der Waals surface area contributed by atoms with E-state index in [0.717, 1.165) is 12.0 Å². The molecular weight excluding hydrogens is 468 g/mol. The molecule has 0 saturated carbocycles. The van der Waals surface area contributed by atoms with Crippen LogP contribution in [0.15, 0.2) is 30.3 Å². The smallest absolute Gasteiger partial charge is 0.326 e. The average molecular weight is 505 g/mol. The van der Waals surface area contributed by atoms with E-state index in [-0.39, 0.29) is 31.6 Å². The van der Waals surface area contributed by atoms with E-state index in [0.29, 0.717) is 13.0 Å². The van der Waals surface area contributed by atoms with Gasteiger partial charge in [0.15, 0.2) is 0 Å². The van der Waals surface area contributed by atoms with Crippen molar-refractivity contribution in [1.82, 2.24) is 21.3 Å². The highest BCUT2D eigenvalue weighted by Crippen LogP contribution is 2.10. The number of hydrogen-bond donors (Lipinski definition) is 6. The SMILES string of the molecule is CC(C)C[C@H](NC(=O)[C@H](Cc1ccccc1)NC(=O)[C@H](CCC(=O)O)NC(=O)[C@@H]1CCCN1)C(=O)O. The number of nitrogens with one attached hydrogen (secondary N) is 4. The quantitative estimate of drug-likeness (QED) is 0.211. The maximum atomic E-state index is 13.2. The molecule has 0 aliphatic carbocycles. The first-order chi connectivity index (χ1) is 17.1. The van der Waals surface area contributed by atoms with Gasteiger partial charge in [0.2, 0.25) is 17.7 Å². The minimum Gasteiger partial charge on any atom is -0.481 e. The van der Waals surface area contributed by atoms with Gasteiger partial charge in [0.1, 0.15) is 18.1 Å². The summed E-state index contributed by atoms with van der Waals surface area (Å²) in [6, 6.07) is 4.97. The molecule has 1 fully saturated rings. The van der Waals surface area contributed by atoms with Gasteiger partial charge >= 0.3 is 11.9 Å². The first-order valence-electron chi connectivity index (χ1n) is 12.2. The Labute approximate surface area is 210 Å². The number of carbonyl (C=O) groups is 5.